The normalized spacial score (nSPS) is 42.7. The maximum absolute atomic E-state index is 11.2. The molecule has 0 amide bonds. The Morgan fingerprint density at radius 3 is 2.07 bits per heavy atom. The lowest BCUT2D eigenvalue weighted by molar-refractivity contribution is 0.280. The van der Waals surface area contributed by atoms with E-state index in [2.05, 4.69) is 12.2 Å². The molecule has 2 fully saturated rings. The van der Waals surface area contributed by atoms with E-state index >= 15 is 0 Å². The van der Waals surface area contributed by atoms with Gasteiger partial charge in [0.1, 0.15) is 0 Å². The summed E-state index contributed by atoms with van der Waals surface area (Å²) in [6.45, 7) is 2.36. The molecule has 1 saturated carbocycles. The number of nitrogens with one attached hydrogen (secondary N) is 1. The lowest BCUT2D eigenvalue weighted by Gasteiger charge is -2.32. The first kappa shape index (κ1) is 11.6. The first-order chi connectivity index (χ1) is 7.24. The van der Waals surface area contributed by atoms with Crippen LogP contribution in [0.25, 0.3) is 0 Å². The average molecular weight is 229 g/mol. The summed E-state index contributed by atoms with van der Waals surface area (Å²) >= 11 is 0. The molecule has 0 aromatic carbocycles. The predicted molar refractivity (Wildman–Crippen MR) is 65.5 cm³/mol. The summed E-state index contributed by atoms with van der Waals surface area (Å²) in [7, 11) is -0.513. The second-order valence-corrected chi connectivity index (χ2v) is 6.94. The molecule has 0 aromatic rings. The highest BCUT2D eigenvalue weighted by Crippen LogP contribution is 2.24. The van der Waals surface area contributed by atoms with Crippen molar-refractivity contribution < 1.29 is 4.21 Å². The zero-order chi connectivity index (χ0) is 10.7. The lowest BCUT2D eigenvalue weighted by atomic mass is 9.87. The molecule has 0 aromatic heterocycles. The zero-order valence-electron chi connectivity index (χ0n) is 9.71. The van der Waals surface area contributed by atoms with Crippen LogP contribution in [0, 0.1) is 5.92 Å². The molecule has 0 spiro atoms. The molecule has 1 aliphatic heterocycles. The van der Waals surface area contributed by atoms with Crippen molar-refractivity contribution in [2.24, 2.45) is 5.92 Å². The van der Waals surface area contributed by atoms with E-state index < -0.39 is 10.8 Å². The topological polar surface area (TPSA) is 29.1 Å². The van der Waals surface area contributed by atoms with Crippen LogP contribution in [-0.4, -0.2) is 27.8 Å². The van der Waals surface area contributed by atoms with E-state index in [1.54, 1.807) is 0 Å². The van der Waals surface area contributed by atoms with Crippen LogP contribution in [0.4, 0.5) is 0 Å². The Bertz CT molecular complexity index is 214. The number of hydrogen-bond acceptors (Lipinski definition) is 2. The van der Waals surface area contributed by atoms with Gasteiger partial charge < -0.3 is 5.32 Å². The Hall–Kier alpha value is 0.110. The van der Waals surface area contributed by atoms with Crippen molar-refractivity contribution in [3.05, 3.63) is 0 Å². The van der Waals surface area contributed by atoms with Gasteiger partial charge in [-0.1, -0.05) is 6.92 Å². The average Bonchev–Trinajstić information content (AvgIpc) is 2.25. The van der Waals surface area contributed by atoms with Crippen molar-refractivity contribution >= 4 is 10.8 Å². The Labute approximate surface area is 95.7 Å². The van der Waals surface area contributed by atoms with E-state index in [1.807, 2.05) is 0 Å². The summed E-state index contributed by atoms with van der Waals surface area (Å²) in [4.78, 5) is 0. The van der Waals surface area contributed by atoms with Crippen LogP contribution in [-0.2, 0) is 10.8 Å². The van der Waals surface area contributed by atoms with Crippen LogP contribution in [0.2, 0.25) is 0 Å². The van der Waals surface area contributed by atoms with Crippen LogP contribution in [0.1, 0.15) is 45.4 Å². The minimum absolute atomic E-state index is 0.513. The van der Waals surface area contributed by atoms with Gasteiger partial charge in [0.15, 0.2) is 0 Å². The highest BCUT2D eigenvalue weighted by atomic mass is 32.2. The van der Waals surface area contributed by atoms with Crippen molar-refractivity contribution in [2.75, 3.05) is 11.5 Å². The fraction of sp³-hybridized carbons (Fsp3) is 1.00. The van der Waals surface area contributed by atoms with Gasteiger partial charge >= 0.3 is 0 Å². The fourth-order valence-electron chi connectivity index (χ4n) is 2.72. The maximum atomic E-state index is 11.2. The maximum Gasteiger partial charge on any atom is 0.0249 e. The van der Waals surface area contributed by atoms with E-state index in [1.165, 1.54) is 25.7 Å². The summed E-state index contributed by atoms with van der Waals surface area (Å²) in [5.41, 5.74) is 0. The number of hydrogen-bond donors (Lipinski definition) is 1. The van der Waals surface area contributed by atoms with Gasteiger partial charge in [-0.15, -0.1) is 0 Å². The molecule has 1 aliphatic carbocycles. The Kier molecular flexibility index (Phi) is 4.21. The van der Waals surface area contributed by atoms with Gasteiger partial charge in [0.2, 0.25) is 0 Å². The molecule has 1 saturated heterocycles. The van der Waals surface area contributed by atoms with E-state index in [0.29, 0.717) is 6.04 Å². The standard InChI is InChI=1S/C12H23NOS/c1-10-2-4-11(5-3-10)13-12-6-8-15(14)9-7-12/h10-13H,2-9H2,1H3. The molecule has 0 bridgehead atoms. The molecular weight excluding hydrogens is 206 g/mol. The third kappa shape index (κ3) is 3.56. The van der Waals surface area contributed by atoms with E-state index in [-0.39, 0.29) is 0 Å². The second kappa shape index (κ2) is 5.44. The molecule has 0 atom stereocenters. The Balaban J connectivity index is 1.70. The fourth-order valence-corrected chi connectivity index (χ4v) is 4.02. The predicted octanol–water partition coefficient (Wildman–Crippen LogP) is 2.07. The van der Waals surface area contributed by atoms with Gasteiger partial charge in [-0.05, 0) is 44.4 Å². The SMILES string of the molecule is CC1CCC(NC2CCS(=O)CC2)CC1. The third-order valence-corrected chi connectivity index (χ3v) is 5.26. The first-order valence-corrected chi connectivity index (χ1v) is 7.84. The Morgan fingerprint density at radius 2 is 1.47 bits per heavy atom. The molecule has 2 aliphatic rings. The summed E-state index contributed by atoms with van der Waals surface area (Å²) in [6.07, 6.45) is 7.71. The van der Waals surface area contributed by atoms with Gasteiger partial charge in [0.25, 0.3) is 0 Å². The van der Waals surface area contributed by atoms with Crippen molar-refractivity contribution in [1.82, 2.24) is 5.32 Å². The van der Waals surface area contributed by atoms with Crippen LogP contribution in [0.5, 0.6) is 0 Å². The van der Waals surface area contributed by atoms with Crippen LogP contribution >= 0.6 is 0 Å². The molecule has 15 heavy (non-hydrogen) atoms. The molecule has 0 unspecified atom stereocenters. The zero-order valence-corrected chi connectivity index (χ0v) is 10.5. The van der Waals surface area contributed by atoms with Gasteiger partial charge in [0.05, 0.1) is 0 Å². The van der Waals surface area contributed by atoms with Crippen molar-refractivity contribution in [3.8, 4) is 0 Å². The van der Waals surface area contributed by atoms with Crippen molar-refractivity contribution in [1.29, 1.82) is 0 Å². The molecule has 1 N–H and O–H groups in total. The monoisotopic (exact) mass is 229 g/mol. The summed E-state index contributed by atoms with van der Waals surface area (Å²) in [6, 6.07) is 1.40. The van der Waals surface area contributed by atoms with Gasteiger partial charge in [-0.2, -0.15) is 0 Å². The minimum atomic E-state index is -0.513. The van der Waals surface area contributed by atoms with Crippen LogP contribution in [0.3, 0.4) is 0 Å². The quantitative estimate of drug-likeness (QED) is 0.785. The van der Waals surface area contributed by atoms with Crippen LogP contribution in [0.15, 0.2) is 0 Å². The molecule has 3 heteroatoms. The highest BCUT2D eigenvalue weighted by molar-refractivity contribution is 7.85. The van der Waals surface area contributed by atoms with E-state index in [0.717, 1.165) is 36.3 Å². The molecule has 2 nitrogen and oxygen atoms in total. The van der Waals surface area contributed by atoms with Crippen molar-refractivity contribution in [2.45, 2.75) is 57.5 Å². The lowest BCUT2D eigenvalue weighted by Crippen LogP contribution is -2.43. The van der Waals surface area contributed by atoms with Gasteiger partial charge in [0, 0.05) is 34.4 Å². The van der Waals surface area contributed by atoms with Crippen molar-refractivity contribution in [3.63, 3.8) is 0 Å². The number of rotatable bonds is 2. The molecule has 1 heterocycles. The smallest absolute Gasteiger partial charge is 0.0249 e. The van der Waals surface area contributed by atoms with Gasteiger partial charge in [-0.3, -0.25) is 4.21 Å². The summed E-state index contributed by atoms with van der Waals surface area (Å²) in [5.74, 6) is 2.77. The summed E-state index contributed by atoms with van der Waals surface area (Å²) in [5, 5.41) is 3.76. The largest absolute Gasteiger partial charge is 0.311 e. The molecule has 2 rings (SSSR count). The van der Waals surface area contributed by atoms with E-state index in [9.17, 15) is 4.21 Å². The molecule has 0 radical (unpaired) electrons. The second-order valence-electron chi connectivity index (χ2n) is 5.25. The highest BCUT2D eigenvalue weighted by Gasteiger charge is 2.23. The molecular formula is C12H23NOS. The Morgan fingerprint density at radius 1 is 0.933 bits per heavy atom. The van der Waals surface area contributed by atoms with Gasteiger partial charge in [-0.25, -0.2) is 0 Å². The minimum Gasteiger partial charge on any atom is -0.311 e. The van der Waals surface area contributed by atoms with Crippen LogP contribution < -0.4 is 5.32 Å². The third-order valence-electron chi connectivity index (χ3n) is 3.88. The molecule has 88 valence electrons. The first-order valence-electron chi connectivity index (χ1n) is 6.35. The van der Waals surface area contributed by atoms with E-state index in [4.69, 9.17) is 0 Å². The summed E-state index contributed by atoms with van der Waals surface area (Å²) < 4.78 is 11.2.